The quantitative estimate of drug-likeness (QED) is 0.0667. The average Bonchev–Trinajstić information content (AvgIpc) is 2.88. The molecule has 1 nitrogen and oxygen atoms in total. The van der Waals surface area contributed by atoms with Gasteiger partial charge in [0.2, 0.25) is 0 Å². The van der Waals surface area contributed by atoms with Crippen molar-refractivity contribution in [3.63, 3.8) is 0 Å². The van der Waals surface area contributed by atoms with E-state index in [-0.39, 0.29) is 12.8 Å². The Bertz CT molecular complexity index is 555. The third-order valence-electron chi connectivity index (χ3n) is 5.87. The van der Waals surface area contributed by atoms with Gasteiger partial charge in [-0.3, -0.25) is 0 Å². The van der Waals surface area contributed by atoms with Crippen LogP contribution < -0.4 is 0 Å². The zero-order valence-corrected chi connectivity index (χ0v) is 23.0. The molecule has 9 unspecified atom stereocenters. The predicted octanol–water partition coefficient (Wildman–Crippen LogP) is 8.15. The summed E-state index contributed by atoms with van der Waals surface area (Å²) in [7, 11) is 0. The summed E-state index contributed by atoms with van der Waals surface area (Å²) in [6.07, 6.45) is -35.4. The standard InChI is InChI=1S/C9H19O.3C4H4F5.Sn/c1-2-3-4-5-6-7-8-9-10;3*5-1-2(6)3(7)4(8)9;/h2-9H2,1H3;3*1-4H;/q-1;;;;+1. The minimum atomic E-state index is -8.12. The Hall–Kier alpha value is -0.291. The topological polar surface area (TPSA) is 9.23 Å². The fourth-order valence-corrected chi connectivity index (χ4v) is 14.9. The van der Waals surface area contributed by atoms with E-state index in [1.807, 2.05) is 6.92 Å². The first-order valence-corrected chi connectivity index (χ1v) is 17.9. The Kier molecular flexibility index (Phi) is 18.1. The van der Waals surface area contributed by atoms with Gasteiger partial charge in [0.25, 0.3) is 0 Å². The molecule has 17 heteroatoms. The third-order valence-corrected chi connectivity index (χ3v) is 18.0. The van der Waals surface area contributed by atoms with Gasteiger partial charge in [-0.05, 0) is 0 Å². The van der Waals surface area contributed by atoms with Crippen molar-refractivity contribution in [3.8, 4) is 0 Å². The number of halogens is 15. The molecule has 9 atom stereocenters. The Morgan fingerprint density at radius 1 is 0.421 bits per heavy atom. The van der Waals surface area contributed by atoms with E-state index in [2.05, 4.69) is 3.07 Å². The first kappa shape index (κ1) is 37.7. The van der Waals surface area contributed by atoms with Crippen molar-refractivity contribution in [2.75, 3.05) is 6.61 Å². The predicted molar refractivity (Wildman–Crippen MR) is 112 cm³/mol. The van der Waals surface area contributed by atoms with E-state index in [1.165, 1.54) is 0 Å². The minimum absolute atomic E-state index is 0.113. The molecule has 0 aromatic carbocycles. The molecule has 0 radical (unpaired) electrons. The van der Waals surface area contributed by atoms with Crippen LogP contribution in [0.5, 0.6) is 0 Å². The monoisotopic (exact) mass is 704 g/mol. The molecule has 0 aliphatic rings. The number of hydrogen-bond acceptors (Lipinski definition) is 1. The summed E-state index contributed by atoms with van der Waals surface area (Å²) in [5.74, 6) is 0. The number of rotatable bonds is 21. The van der Waals surface area contributed by atoms with Crippen LogP contribution in [-0.2, 0) is 3.07 Å². The van der Waals surface area contributed by atoms with Crippen LogP contribution in [-0.4, -0.2) is 94.3 Å². The van der Waals surface area contributed by atoms with Crippen LogP contribution in [0.4, 0.5) is 65.9 Å². The summed E-state index contributed by atoms with van der Waals surface area (Å²) >= 11 is -8.12. The molecule has 0 aliphatic carbocycles. The number of unbranched alkanes of at least 4 members (excludes halogenated alkanes) is 6. The van der Waals surface area contributed by atoms with Crippen LogP contribution in [0.15, 0.2) is 0 Å². The Morgan fingerprint density at radius 2 is 0.711 bits per heavy atom. The third kappa shape index (κ3) is 10.3. The Morgan fingerprint density at radius 3 is 1.00 bits per heavy atom. The molecule has 230 valence electrons. The van der Waals surface area contributed by atoms with Gasteiger partial charge in [0.15, 0.2) is 0 Å². The number of hydrogen-bond donors (Lipinski definition) is 0. The van der Waals surface area contributed by atoms with Crippen LogP contribution in [0.25, 0.3) is 0 Å². The van der Waals surface area contributed by atoms with E-state index in [1.54, 1.807) is 0 Å². The van der Waals surface area contributed by atoms with E-state index in [4.69, 9.17) is 0 Å². The zero-order valence-electron chi connectivity index (χ0n) is 20.2. The summed E-state index contributed by atoms with van der Waals surface area (Å²) in [4.78, 5) is 0. The van der Waals surface area contributed by atoms with E-state index in [9.17, 15) is 52.7 Å². The van der Waals surface area contributed by atoms with Gasteiger partial charge in [-0.25, -0.2) is 0 Å². The molecular weight excluding hydrogens is 672 g/mol. The molecule has 0 amide bonds. The fraction of sp³-hybridized carbons (Fsp3) is 1.00. The molecular formula is C21H31F15OSn. The molecule has 0 aliphatic heterocycles. The maximum atomic E-state index is 15.2. The maximum absolute atomic E-state index is 15.2. The van der Waals surface area contributed by atoms with Gasteiger partial charge in [0, 0.05) is 0 Å². The second-order valence-corrected chi connectivity index (χ2v) is 19.1. The van der Waals surface area contributed by atoms with Crippen LogP contribution in [0.2, 0.25) is 0 Å². The molecule has 0 heterocycles. The van der Waals surface area contributed by atoms with Gasteiger partial charge < -0.3 is 0 Å². The molecule has 0 N–H and O–H groups in total. The van der Waals surface area contributed by atoms with Gasteiger partial charge in [0.1, 0.15) is 0 Å². The van der Waals surface area contributed by atoms with E-state index < -0.39 is 94.3 Å². The van der Waals surface area contributed by atoms with E-state index in [0.717, 1.165) is 19.3 Å². The fourth-order valence-electron chi connectivity index (χ4n) is 3.65. The van der Waals surface area contributed by atoms with Crippen molar-refractivity contribution in [2.24, 2.45) is 0 Å². The first-order chi connectivity index (χ1) is 17.6. The second-order valence-electron chi connectivity index (χ2n) is 8.70. The second kappa shape index (κ2) is 18.2. The average molecular weight is 703 g/mol. The summed E-state index contributed by atoms with van der Waals surface area (Å²) in [5, 5.41) is 0. The molecule has 0 fully saturated rings. The van der Waals surface area contributed by atoms with Crippen molar-refractivity contribution >= 4 is 18.8 Å². The summed E-state index contributed by atoms with van der Waals surface area (Å²) in [5.41, 5.74) is 0. The molecule has 0 spiro atoms. The van der Waals surface area contributed by atoms with Crippen molar-refractivity contribution in [1.29, 1.82) is 0 Å². The van der Waals surface area contributed by atoms with Gasteiger partial charge in [-0.2, -0.15) is 0 Å². The van der Waals surface area contributed by atoms with Gasteiger partial charge >= 0.3 is 215 Å². The zero-order chi connectivity index (χ0) is 29.8. The molecule has 38 heavy (non-hydrogen) atoms. The summed E-state index contributed by atoms with van der Waals surface area (Å²) in [6.45, 7) is 0.755. The molecule has 0 saturated heterocycles. The molecule has 0 aromatic heterocycles. The van der Waals surface area contributed by atoms with Crippen LogP contribution in [0.1, 0.15) is 51.9 Å². The number of alkyl halides is 15. The van der Waals surface area contributed by atoms with Crippen LogP contribution in [0.3, 0.4) is 0 Å². The van der Waals surface area contributed by atoms with Crippen LogP contribution >= 0.6 is 0 Å². The molecule has 0 bridgehead atoms. The van der Waals surface area contributed by atoms with E-state index >= 15 is 13.2 Å². The van der Waals surface area contributed by atoms with Gasteiger partial charge in [-0.1, -0.05) is 0 Å². The van der Waals surface area contributed by atoms with E-state index in [0.29, 0.717) is 12.8 Å². The van der Waals surface area contributed by atoms with Crippen molar-refractivity contribution in [2.45, 2.75) is 121 Å². The normalized spacial score (nSPS) is 21.6. The van der Waals surface area contributed by atoms with Gasteiger partial charge in [0.05, 0.1) is 0 Å². The molecule has 0 saturated carbocycles. The van der Waals surface area contributed by atoms with Crippen molar-refractivity contribution in [1.82, 2.24) is 0 Å². The Labute approximate surface area is 215 Å². The first-order valence-electron chi connectivity index (χ1n) is 11.8. The molecule has 0 aromatic rings. The Balaban J connectivity index is 6.46. The summed E-state index contributed by atoms with van der Waals surface area (Å²) in [6, 6.07) is 0. The van der Waals surface area contributed by atoms with Crippen LogP contribution in [0, 0.1) is 0 Å². The van der Waals surface area contributed by atoms with Crippen molar-refractivity contribution in [3.05, 3.63) is 0 Å². The van der Waals surface area contributed by atoms with Gasteiger partial charge in [-0.15, -0.1) is 0 Å². The SMILES string of the molecule is CCCCCCCCC[O][Sn]([CH](F)C(F)C(F)C(F)F)([CH](F)C(F)C(F)C(F)F)[CH](F)C(F)C(F)C(F)F. The molecule has 0 rings (SSSR count). The summed E-state index contributed by atoms with van der Waals surface area (Å²) < 4.78 is 197. The van der Waals surface area contributed by atoms with Crippen molar-refractivity contribution < 1.29 is 68.9 Å².